The molecule has 0 saturated heterocycles. The molecule has 0 atom stereocenters. The van der Waals surface area contributed by atoms with E-state index >= 15 is 0 Å². The van der Waals surface area contributed by atoms with Gasteiger partial charge in [0.15, 0.2) is 0 Å². The molecular weight excluding hydrogens is 230 g/mol. The zero-order valence-electron chi connectivity index (χ0n) is 9.04. The van der Waals surface area contributed by atoms with Crippen LogP contribution in [0.15, 0.2) is 22.9 Å². The molecule has 0 amide bonds. The minimum absolute atomic E-state index is 0.0169. The minimum atomic E-state index is -0.692. The highest BCUT2D eigenvalue weighted by Crippen LogP contribution is 2.28. The van der Waals surface area contributed by atoms with Crippen molar-refractivity contribution in [2.24, 2.45) is 0 Å². The third-order valence-corrected chi connectivity index (χ3v) is 2.34. The summed E-state index contributed by atoms with van der Waals surface area (Å²) >= 11 is 0. The fourth-order valence-corrected chi connectivity index (χ4v) is 1.51. The molecule has 4 nitrogen and oxygen atoms in total. The predicted octanol–water partition coefficient (Wildman–Crippen LogP) is 2.35. The Morgan fingerprint density at radius 1 is 1.35 bits per heavy atom. The highest BCUT2D eigenvalue weighted by molar-refractivity contribution is 5.72. The van der Waals surface area contributed by atoms with Crippen molar-refractivity contribution in [3.8, 4) is 11.1 Å². The molecule has 0 aliphatic heterocycles. The number of rotatable bonds is 3. The van der Waals surface area contributed by atoms with E-state index in [1.54, 1.807) is 0 Å². The molecule has 6 heteroatoms. The number of nitrogens with two attached hydrogens (primary N) is 1. The third kappa shape index (κ3) is 2.12. The molecular formula is C11H10F2N2O2. The largest absolute Gasteiger partial charge is 0.380 e. The molecule has 1 aromatic carbocycles. The first-order valence-corrected chi connectivity index (χ1v) is 4.81. The van der Waals surface area contributed by atoms with E-state index in [0.29, 0.717) is 5.56 Å². The van der Waals surface area contributed by atoms with Crippen molar-refractivity contribution < 1.29 is 18.0 Å². The Kier molecular flexibility index (Phi) is 3.06. The van der Waals surface area contributed by atoms with Gasteiger partial charge in [0.05, 0.1) is 18.4 Å². The number of anilines is 1. The zero-order valence-corrected chi connectivity index (χ0v) is 9.04. The second-order valence-electron chi connectivity index (χ2n) is 3.46. The van der Waals surface area contributed by atoms with Crippen LogP contribution in [0.5, 0.6) is 0 Å². The van der Waals surface area contributed by atoms with E-state index in [9.17, 15) is 8.78 Å². The fraction of sp³-hybridized carbons (Fsp3) is 0.182. The first-order valence-electron chi connectivity index (χ1n) is 4.81. The minimum Gasteiger partial charge on any atom is -0.380 e. The maximum absolute atomic E-state index is 13.6. The lowest BCUT2D eigenvalue weighted by atomic mass is 10.1. The number of hydrogen-bond donors (Lipinski definition) is 1. The van der Waals surface area contributed by atoms with Crippen molar-refractivity contribution in [3.05, 3.63) is 35.5 Å². The van der Waals surface area contributed by atoms with E-state index in [1.165, 1.54) is 25.4 Å². The van der Waals surface area contributed by atoms with Crippen LogP contribution in [0.1, 0.15) is 5.56 Å². The van der Waals surface area contributed by atoms with Crippen LogP contribution in [0.25, 0.3) is 11.1 Å². The third-order valence-electron chi connectivity index (χ3n) is 2.34. The van der Waals surface area contributed by atoms with Crippen molar-refractivity contribution in [3.63, 3.8) is 0 Å². The second-order valence-corrected chi connectivity index (χ2v) is 3.46. The standard InChI is InChI=1S/C11H10F2N2O2/c1-16-5-8-9(12)2-6(3-10(8)13)7-4-15-17-11(7)14/h2-4H,5,14H2,1H3. The fourth-order valence-electron chi connectivity index (χ4n) is 1.51. The van der Waals surface area contributed by atoms with E-state index in [-0.39, 0.29) is 23.6 Å². The zero-order chi connectivity index (χ0) is 12.4. The second kappa shape index (κ2) is 4.50. The molecule has 0 spiro atoms. The van der Waals surface area contributed by atoms with Crippen LogP contribution < -0.4 is 5.73 Å². The molecule has 2 rings (SSSR count). The van der Waals surface area contributed by atoms with Crippen LogP contribution in [0, 0.1) is 11.6 Å². The van der Waals surface area contributed by atoms with E-state index in [2.05, 4.69) is 9.68 Å². The highest BCUT2D eigenvalue weighted by atomic mass is 19.1. The molecule has 17 heavy (non-hydrogen) atoms. The number of halogens is 2. The topological polar surface area (TPSA) is 61.3 Å². The van der Waals surface area contributed by atoms with Crippen molar-refractivity contribution in [2.45, 2.75) is 6.61 Å². The normalized spacial score (nSPS) is 10.8. The number of aromatic nitrogens is 1. The van der Waals surface area contributed by atoms with E-state index < -0.39 is 11.6 Å². The van der Waals surface area contributed by atoms with Crippen LogP contribution in [0.3, 0.4) is 0 Å². The van der Waals surface area contributed by atoms with Gasteiger partial charge >= 0.3 is 0 Å². The summed E-state index contributed by atoms with van der Waals surface area (Å²) in [6.45, 7) is -0.128. The number of nitrogens with zero attached hydrogens (tertiary/aromatic N) is 1. The molecule has 0 fully saturated rings. The first kappa shape index (κ1) is 11.5. The molecule has 90 valence electrons. The Morgan fingerprint density at radius 2 is 2.00 bits per heavy atom. The van der Waals surface area contributed by atoms with Crippen molar-refractivity contribution >= 4 is 5.88 Å². The number of hydrogen-bond acceptors (Lipinski definition) is 4. The monoisotopic (exact) mass is 240 g/mol. The molecule has 2 aromatic rings. The van der Waals surface area contributed by atoms with Gasteiger partial charge in [-0.25, -0.2) is 8.78 Å². The first-order chi connectivity index (χ1) is 8.13. The van der Waals surface area contributed by atoms with E-state index in [1.807, 2.05) is 0 Å². The summed E-state index contributed by atoms with van der Waals surface area (Å²) in [6, 6.07) is 2.33. The van der Waals surface area contributed by atoms with Crippen LogP contribution in [0.2, 0.25) is 0 Å². The molecule has 0 radical (unpaired) electrons. The van der Waals surface area contributed by atoms with Crippen molar-refractivity contribution in [2.75, 3.05) is 12.8 Å². The highest BCUT2D eigenvalue weighted by Gasteiger charge is 2.14. The van der Waals surface area contributed by atoms with E-state index in [4.69, 9.17) is 10.5 Å². The molecule has 2 N–H and O–H groups in total. The van der Waals surface area contributed by atoms with Crippen molar-refractivity contribution in [1.82, 2.24) is 5.16 Å². The lowest BCUT2D eigenvalue weighted by Gasteiger charge is -2.06. The van der Waals surface area contributed by atoms with Gasteiger partial charge in [-0.05, 0) is 17.7 Å². The number of methoxy groups -OCH3 is 1. The van der Waals surface area contributed by atoms with Gasteiger partial charge in [-0.15, -0.1) is 0 Å². The van der Waals surface area contributed by atoms with Gasteiger partial charge in [-0.2, -0.15) is 0 Å². The Hall–Kier alpha value is -1.95. The van der Waals surface area contributed by atoms with Crippen LogP contribution >= 0.6 is 0 Å². The number of nitrogen functional groups attached to an aromatic ring is 1. The maximum atomic E-state index is 13.6. The maximum Gasteiger partial charge on any atom is 0.229 e. The molecule has 0 saturated carbocycles. The summed E-state index contributed by atoms with van der Waals surface area (Å²) in [5.41, 5.74) is 5.98. The summed E-state index contributed by atoms with van der Waals surface area (Å²) in [5.74, 6) is -1.37. The lowest BCUT2D eigenvalue weighted by Crippen LogP contribution is -1.98. The van der Waals surface area contributed by atoms with Crippen LogP contribution in [-0.4, -0.2) is 12.3 Å². The van der Waals surface area contributed by atoms with Gasteiger partial charge in [-0.3, -0.25) is 0 Å². The lowest BCUT2D eigenvalue weighted by molar-refractivity contribution is 0.177. The average Bonchev–Trinajstić information content (AvgIpc) is 2.69. The van der Waals surface area contributed by atoms with Gasteiger partial charge in [0.1, 0.15) is 11.6 Å². The summed E-state index contributed by atoms with van der Waals surface area (Å²) in [5, 5.41) is 3.45. The Balaban J connectivity index is 2.49. The van der Waals surface area contributed by atoms with Gasteiger partial charge in [-0.1, -0.05) is 5.16 Å². The van der Waals surface area contributed by atoms with Gasteiger partial charge in [0.2, 0.25) is 5.88 Å². The van der Waals surface area contributed by atoms with Crippen LogP contribution in [0.4, 0.5) is 14.7 Å². The van der Waals surface area contributed by atoms with E-state index in [0.717, 1.165) is 0 Å². The summed E-state index contributed by atoms with van der Waals surface area (Å²) in [7, 11) is 1.37. The Bertz CT molecular complexity index is 517. The van der Waals surface area contributed by atoms with Crippen molar-refractivity contribution in [1.29, 1.82) is 0 Å². The molecule has 0 bridgehead atoms. The molecule has 0 unspecified atom stereocenters. The molecule has 1 aromatic heterocycles. The Morgan fingerprint density at radius 3 is 2.47 bits per heavy atom. The van der Waals surface area contributed by atoms with Gasteiger partial charge < -0.3 is 15.0 Å². The molecule has 0 aliphatic carbocycles. The van der Waals surface area contributed by atoms with Gasteiger partial charge in [0, 0.05) is 12.7 Å². The van der Waals surface area contributed by atoms with Gasteiger partial charge in [0.25, 0.3) is 0 Å². The summed E-state index contributed by atoms with van der Waals surface area (Å²) < 4.78 is 36.6. The Labute approximate surface area is 96.0 Å². The summed E-state index contributed by atoms with van der Waals surface area (Å²) in [4.78, 5) is 0. The number of ether oxygens (including phenoxy) is 1. The SMILES string of the molecule is COCc1c(F)cc(-c2cnoc2N)cc1F. The quantitative estimate of drug-likeness (QED) is 0.894. The average molecular weight is 240 g/mol. The summed E-state index contributed by atoms with van der Waals surface area (Å²) in [6.07, 6.45) is 1.31. The predicted molar refractivity (Wildman–Crippen MR) is 57.0 cm³/mol. The van der Waals surface area contributed by atoms with Crippen LogP contribution in [-0.2, 0) is 11.3 Å². The molecule has 0 aliphatic rings. The molecule has 1 heterocycles. The smallest absolute Gasteiger partial charge is 0.229 e. The number of benzene rings is 1.